The lowest BCUT2D eigenvalue weighted by Crippen LogP contribution is -2.13. The van der Waals surface area contributed by atoms with Crippen LogP contribution in [0.1, 0.15) is 21.5 Å². The van der Waals surface area contributed by atoms with Crippen molar-refractivity contribution in [3.8, 4) is 6.07 Å². The maximum absolute atomic E-state index is 12.3. The van der Waals surface area contributed by atoms with Gasteiger partial charge in [-0.15, -0.1) is 0 Å². The molecule has 6 nitrogen and oxygen atoms in total. The highest BCUT2D eigenvalue weighted by Crippen LogP contribution is 2.18. The van der Waals surface area contributed by atoms with E-state index in [0.717, 1.165) is 11.3 Å². The van der Waals surface area contributed by atoms with Crippen molar-refractivity contribution in [2.45, 2.75) is 6.92 Å². The summed E-state index contributed by atoms with van der Waals surface area (Å²) in [7, 11) is 0. The maximum Gasteiger partial charge on any atom is 0.258 e. The lowest BCUT2D eigenvalue weighted by Gasteiger charge is -2.09. The number of nitrogens with one attached hydrogen (secondary N) is 2. The normalized spacial score (nSPS) is 9.92. The predicted molar refractivity (Wildman–Crippen MR) is 95.6 cm³/mol. The van der Waals surface area contributed by atoms with E-state index in [1.807, 2.05) is 37.3 Å². The minimum Gasteiger partial charge on any atom is -0.323 e. The van der Waals surface area contributed by atoms with Gasteiger partial charge < -0.3 is 10.6 Å². The van der Waals surface area contributed by atoms with Crippen LogP contribution in [0.25, 0.3) is 0 Å². The summed E-state index contributed by atoms with van der Waals surface area (Å²) in [6, 6.07) is 16.7. The van der Waals surface area contributed by atoms with Crippen molar-refractivity contribution in [1.82, 2.24) is 9.97 Å². The number of aryl methyl sites for hydroxylation is 1. The summed E-state index contributed by atoms with van der Waals surface area (Å²) in [5.74, 6) is 0.0356. The molecule has 0 unspecified atom stereocenters. The zero-order valence-corrected chi connectivity index (χ0v) is 13.5. The number of para-hydroxylation sites is 2. The number of hydrogen-bond acceptors (Lipinski definition) is 5. The first-order chi connectivity index (χ1) is 12.2. The largest absolute Gasteiger partial charge is 0.323 e. The fourth-order valence-electron chi connectivity index (χ4n) is 2.23. The molecule has 3 rings (SSSR count). The van der Waals surface area contributed by atoms with E-state index in [4.69, 9.17) is 5.26 Å². The van der Waals surface area contributed by atoms with E-state index in [1.165, 1.54) is 12.4 Å². The molecule has 1 amide bonds. The average Bonchev–Trinajstić information content (AvgIpc) is 2.64. The molecule has 122 valence electrons. The van der Waals surface area contributed by atoms with Gasteiger partial charge in [0.05, 0.1) is 16.8 Å². The van der Waals surface area contributed by atoms with Gasteiger partial charge in [0.15, 0.2) is 0 Å². The summed E-state index contributed by atoms with van der Waals surface area (Å²) in [4.78, 5) is 20.6. The molecule has 0 aliphatic heterocycles. The van der Waals surface area contributed by atoms with Crippen LogP contribution in [0.3, 0.4) is 0 Å². The van der Waals surface area contributed by atoms with E-state index in [-0.39, 0.29) is 5.91 Å². The molecule has 2 N–H and O–H groups in total. The molecule has 0 fully saturated rings. The first-order valence-corrected chi connectivity index (χ1v) is 7.62. The van der Waals surface area contributed by atoms with Crippen molar-refractivity contribution in [2.24, 2.45) is 0 Å². The summed E-state index contributed by atoms with van der Waals surface area (Å²) in [6.45, 7) is 1.92. The molecule has 3 aromatic rings. The third kappa shape index (κ3) is 3.79. The van der Waals surface area contributed by atoms with Gasteiger partial charge in [-0.2, -0.15) is 5.26 Å². The number of nitrogens with zero attached hydrogens (tertiary/aromatic N) is 3. The Kier molecular flexibility index (Phi) is 4.67. The lowest BCUT2D eigenvalue weighted by molar-refractivity contribution is 0.102. The van der Waals surface area contributed by atoms with E-state index in [1.54, 1.807) is 18.2 Å². The van der Waals surface area contributed by atoms with Gasteiger partial charge in [0.25, 0.3) is 5.91 Å². The number of amides is 1. The summed E-state index contributed by atoms with van der Waals surface area (Å²) >= 11 is 0. The number of benzene rings is 2. The van der Waals surface area contributed by atoms with Crippen molar-refractivity contribution in [3.05, 3.63) is 77.6 Å². The Bertz CT molecular complexity index is 945. The SMILES string of the molecule is Cc1ccccc1NC(=O)c1cnc(Nc2ccccc2C#N)nc1. The number of carbonyl (C=O) groups is 1. The molecule has 0 aliphatic rings. The molecule has 0 bridgehead atoms. The van der Waals surface area contributed by atoms with E-state index >= 15 is 0 Å². The second kappa shape index (κ2) is 7.23. The molecule has 6 heteroatoms. The lowest BCUT2D eigenvalue weighted by atomic mass is 10.2. The van der Waals surface area contributed by atoms with Gasteiger partial charge in [-0.25, -0.2) is 9.97 Å². The predicted octanol–water partition coefficient (Wildman–Crippen LogP) is 3.65. The van der Waals surface area contributed by atoms with E-state index in [2.05, 4.69) is 26.7 Å². The molecule has 2 aromatic carbocycles. The summed E-state index contributed by atoms with van der Waals surface area (Å²) in [5.41, 5.74) is 3.18. The Morgan fingerprint density at radius 2 is 1.64 bits per heavy atom. The van der Waals surface area contributed by atoms with Crippen LogP contribution in [-0.4, -0.2) is 15.9 Å². The third-order valence-electron chi connectivity index (χ3n) is 3.60. The van der Waals surface area contributed by atoms with Gasteiger partial charge in [-0.3, -0.25) is 4.79 Å². The highest BCUT2D eigenvalue weighted by atomic mass is 16.1. The molecule has 1 heterocycles. The topological polar surface area (TPSA) is 90.7 Å². The van der Waals surface area contributed by atoms with Crippen molar-refractivity contribution >= 4 is 23.2 Å². The van der Waals surface area contributed by atoms with Crippen molar-refractivity contribution in [2.75, 3.05) is 10.6 Å². The molecular weight excluding hydrogens is 314 g/mol. The molecule has 0 spiro atoms. The standard InChI is InChI=1S/C19H15N5O/c1-13-6-2-4-8-16(13)23-18(25)15-11-21-19(22-12-15)24-17-9-5-3-7-14(17)10-20/h2-9,11-12H,1H3,(H,23,25)(H,21,22,24). The smallest absolute Gasteiger partial charge is 0.258 e. The van der Waals surface area contributed by atoms with Crippen LogP contribution in [0.2, 0.25) is 0 Å². The minimum atomic E-state index is -0.279. The molecule has 0 atom stereocenters. The van der Waals surface area contributed by atoms with E-state index in [9.17, 15) is 4.79 Å². The van der Waals surface area contributed by atoms with Crippen LogP contribution in [0, 0.1) is 18.3 Å². The Labute approximate surface area is 145 Å². The van der Waals surface area contributed by atoms with Crippen LogP contribution in [0.15, 0.2) is 60.9 Å². The van der Waals surface area contributed by atoms with Crippen molar-refractivity contribution in [1.29, 1.82) is 5.26 Å². The number of anilines is 3. The van der Waals surface area contributed by atoms with Crippen molar-refractivity contribution < 1.29 is 4.79 Å². The number of aromatic nitrogens is 2. The van der Waals surface area contributed by atoms with Gasteiger partial charge >= 0.3 is 0 Å². The Hall–Kier alpha value is -3.72. The highest BCUT2D eigenvalue weighted by molar-refractivity contribution is 6.04. The van der Waals surface area contributed by atoms with Crippen LogP contribution >= 0.6 is 0 Å². The van der Waals surface area contributed by atoms with Crippen LogP contribution in [-0.2, 0) is 0 Å². The molecular formula is C19H15N5O. The highest BCUT2D eigenvalue weighted by Gasteiger charge is 2.09. The molecule has 0 saturated heterocycles. The van der Waals surface area contributed by atoms with Crippen LogP contribution in [0.4, 0.5) is 17.3 Å². The summed E-state index contributed by atoms with van der Waals surface area (Å²) in [5, 5.41) is 14.9. The maximum atomic E-state index is 12.3. The van der Waals surface area contributed by atoms with Crippen molar-refractivity contribution in [3.63, 3.8) is 0 Å². The molecule has 25 heavy (non-hydrogen) atoms. The van der Waals surface area contributed by atoms with Crippen LogP contribution in [0.5, 0.6) is 0 Å². The minimum absolute atomic E-state index is 0.279. The number of carbonyl (C=O) groups excluding carboxylic acids is 1. The molecule has 0 aliphatic carbocycles. The molecule has 1 aromatic heterocycles. The van der Waals surface area contributed by atoms with Gasteiger partial charge in [0, 0.05) is 18.1 Å². The first-order valence-electron chi connectivity index (χ1n) is 7.62. The number of rotatable bonds is 4. The average molecular weight is 329 g/mol. The first kappa shape index (κ1) is 16.1. The monoisotopic (exact) mass is 329 g/mol. The van der Waals surface area contributed by atoms with Gasteiger partial charge in [0.1, 0.15) is 6.07 Å². The zero-order valence-electron chi connectivity index (χ0n) is 13.5. The van der Waals surface area contributed by atoms with E-state index in [0.29, 0.717) is 22.8 Å². The Morgan fingerprint density at radius 3 is 2.32 bits per heavy atom. The number of hydrogen-bond donors (Lipinski definition) is 2. The second-order valence-corrected chi connectivity index (χ2v) is 5.35. The quantitative estimate of drug-likeness (QED) is 0.762. The Morgan fingerprint density at radius 1 is 1.00 bits per heavy atom. The molecule has 0 saturated carbocycles. The zero-order chi connectivity index (χ0) is 17.6. The summed E-state index contributed by atoms with van der Waals surface area (Å²) < 4.78 is 0. The third-order valence-corrected chi connectivity index (χ3v) is 3.60. The Balaban J connectivity index is 1.73. The second-order valence-electron chi connectivity index (χ2n) is 5.35. The van der Waals surface area contributed by atoms with Gasteiger partial charge in [-0.05, 0) is 30.7 Å². The van der Waals surface area contributed by atoms with E-state index < -0.39 is 0 Å². The van der Waals surface area contributed by atoms with Gasteiger partial charge in [0.2, 0.25) is 5.95 Å². The fraction of sp³-hybridized carbons (Fsp3) is 0.0526. The summed E-state index contributed by atoms with van der Waals surface area (Å²) in [6.07, 6.45) is 2.88. The van der Waals surface area contributed by atoms with Crippen LogP contribution < -0.4 is 10.6 Å². The van der Waals surface area contributed by atoms with Gasteiger partial charge in [-0.1, -0.05) is 30.3 Å². The number of nitriles is 1. The fourth-order valence-corrected chi connectivity index (χ4v) is 2.23. The molecule has 0 radical (unpaired) electrons.